The standard InChI is InChI=1S/C24H31NO8/c1-17(2)23(27)32-15-14-30-13-12-29-10-8-25-24(28)33-22-18(3)16-21(31-11-9-26)19-6-4-5-7-20(19)22/h4-7,16,26H,1,8-15H2,2-3H3,(H,25,28). The number of fused-ring (bicyclic) bond motifs is 1. The quantitative estimate of drug-likeness (QED) is 0.251. The molecule has 0 aliphatic heterocycles. The molecule has 0 saturated heterocycles. The molecule has 0 bridgehead atoms. The summed E-state index contributed by atoms with van der Waals surface area (Å²) in [5.41, 5.74) is 1.08. The van der Waals surface area contributed by atoms with Gasteiger partial charge in [-0.05, 0) is 25.5 Å². The monoisotopic (exact) mass is 461 g/mol. The zero-order valence-corrected chi connectivity index (χ0v) is 19.1. The first-order valence-electron chi connectivity index (χ1n) is 10.6. The molecule has 0 spiro atoms. The molecule has 2 aromatic rings. The van der Waals surface area contributed by atoms with E-state index in [1.807, 2.05) is 31.2 Å². The van der Waals surface area contributed by atoms with E-state index in [9.17, 15) is 9.59 Å². The summed E-state index contributed by atoms with van der Waals surface area (Å²) in [7, 11) is 0. The average Bonchev–Trinajstić information content (AvgIpc) is 2.80. The highest BCUT2D eigenvalue weighted by Crippen LogP contribution is 2.36. The van der Waals surface area contributed by atoms with Crippen LogP contribution in [-0.4, -0.2) is 70.0 Å². The number of benzene rings is 2. The fourth-order valence-electron chi connectivity index (χ4n) is 2.85. The third-order valence-corrected chi connectivity index (χ3v) is 4.38. The Morgan fingerprint density at radius 1 is 1.00 bits per heavy atom. The molecule has 33 heavy (non-hydrogen) atoms. The first-order valence-corrected chi connectivity index (χ1v) is 10.6. The molecule has 0 aliphatic carbocycles. The number of amides is 1. The minimum atomic E-state index is -0.591. The van der Waals surface area contributed by atoms with Crippen molar-refractivity contribution >= 4 is 22.8 Å². The number of carbonyl (C=O) groups is 2. The molecule has 0 atom stereocenters. The predicted octanol–water partition coefficient (Wildman–Crippen LogP) is 2.76. The number of aliphatic hydroxyl groups excluding tert-OH is 1. The maximum Gasteiger partial charge on any atom is 0.412 e. The van der Waals surface area contributed by atoms with Gasteiger partial charge in [0.15, 0.2) is 0 Å². The van der Waals surface area contributed by atoms with Crippen molar-refractivity contribution in [3.05, 3.63) is 48.0 Å². The number of hydrogen-bond acceptors (Lipinski definition) is 8. The van der Waals surface area contributed by atoms with Crippen LogP contribution in [0, 0.1) is 6.92 Å². The first-order chi connectivity index (χ1) is 15.9. The molecule has 1 amide bonds. The molecule has 0 heterocycles. The Morgan fingerprint density at radius 3 is 2.36 bits per heavy atom. The third-order valence-electron chi connectivity index (χ3n) is 4.38. The summed E-state index contributed by atoms with van der Waals surface area (Å²) in [4.78, 5) is 23.4. The summed E-state index contributed by atoms with van der Waals surface area (Å²) in [5.74, 6) is 0.623. The smallest absolute Gasteiger partial charge is 0.412 e. The van der Waals surface area contributed by atoms with Gasteiger partial charge >= 0.3 is 12.1 Å². The molecule has 0 aliphatic rings. The number of hydrogen-bond donors (Lipinski definition) is 2. The maximum absolute atomic E-state index is 12.2. The molecular formula is C24H31NO8. The van der Waals surface area contributed by atoms with Crippen LogP contribution in [0.3, 0.4) is 0 Å². The van der Waals surface area contributed by atoms with E-state index < -0.39 is 12.1 Å². The number of aliphatic hydroxyl groups is 1. The van der Waals surface area contributed by atoms with E-state index in [0.29, 0.717) is 30.3 Å². The molecule has 0 aromatic heterocycles. The lowest BCUT2D eigenvalue weighted by Crippen LogP contribution is -2.30. The molecule has 0 saturated carbocycles. The number of esters is 1. The van der Waals surface area contributed by atoms with Gasteiger partial charge in [-0.3, -0.25) is 0 Å². The van der Waals surface area contributed by atoms with E-state index in [-0.39, 0.29) is 39.6 Å². The van der Waals surface area contributed by atoms with Crippen molar-refractivity contribution in [2.45, 2.75) is 13.8 Å². The van der Waals surface area contributed by atoms with Gasteiger partial charge in [-0.2, -0.15) is 0 Å². The molecule has 2 rings (SSSR count). The Balaban J connectivity index is 1.70. The Hall–Kier alpha value is -3.14. The fourth-order valence-corrected chi connectivity index (χ4v) is 2.85. The molecular weight excluding hydrogens is 430 g/mol. The number of nitrogens with one attached hydrogen (secondary N) is 1. The number of carbonyl (C=O) groups excluding carboxylic acids is 2. The van der Waals surface area contributed by atoms with E-state index in [4.69, 9.17) is 28.8 Å². The highest BCUT2D eigenvalue weighted by atomic mass is 16.6. The third kappa shape index (κ3) is 8.72. The summed E-state index contributed by atoms with van der Waals surface area (Å²) in [6, 6.07) is 9.21. The molecule has 180 valence electrons. The highest BCUT2D eigenvalue weighted by Gasteiger charge is 2.15. The van der Waals surface area contributed by atoms with Crippen LogP contribution in [0.4, 0.5) is 4.79 Å². The zero-order valence-electron chi connectivity index (χ0n) is 19.1. The van der Waals surface area contributed by atoms with Crippen molar-refractivity contribution < 1.29 is 38.4 Å². The summed E-state index contributed by atoms with van der Waals surface area (Å²) < 4.78 is 26.7. The van der Waals surface area contributed by atoms with Crippen LogP contribution in [0.5, 0.6) is 11.5 Å². The Labute approximate surface area is 193 Å². The van der Waals surface area contributed by atoms with Crippen molar-refractivity contribution in [1.29, 1.82) is 0 Å². The number of aryl methyl sites for hydroxylation is 1. The lowest BCUT2D eigenvalue weighted by molar-refractivity contribution is -0.140. The molecule has 0 unspecified atom stereocenters. The lowest BCUT2D eigenvalue weighted by atomic mass is 10.0. The van der Waals surface area contributed by atoms with Gasteiger partial charge in [0.25, 0.3) is 0 Å². The summed E-state index contributed by atoms with van der Waals surface area (Å²) in [6.45, 7) is 8.64. The number of rotatable bonds is 14. The summed E-state index contributed by atoms with van der Waals surface area (Å²) in [6.07, 6.45) is -0.591. The Morgan fingerprint density at radius 2 is 1.67 bits per heavy atom. The SMILES string of the molecule is C=C(C)C(=O)OCCOCCOCCNC(=O)Oc1c(C)cc(OCCO)c2ccccc12. The van der Waals surface area contributed by atoms with Crippen LogP contribution in [-0.2, 0) is 19.0 Å². The van der Waals surface area contributed by atoms with Crippen molar-refractivity contribution in [2.75, 3.05) is 52.8 Å². The van der Waals surface area contributed by atoms with Crippen LogP contribution in [0.2, 0.25) is 0 Å². The van der Waals surface area contributed by atoms with E-state index in [0.717, 1.165) is 16.3 Å². The largest absolute Gasteiger partial charge is 0.491 e. The van der Waals surface area contributed by atoms with Gasteiger partial charge in [-0.25, -0.2) is 9.59 Å². The predicted molar refractivity (Wildman–Crippen MR) is 123 cm³/mol. The van der Waals surface area contributed by atoms with E-state index in [1.165, 1.54) is 0 Å². The van der Waals surface area contributed by atoms with E-state index in [2.05, 4.69) is 11.9 Å². The van der Waals surface area contributed by atoms with Gasteiger partial charge < -0.3 is 34.1 Å². The fraction of sp³-hybridized carbons (Fsp3) is 0.417. The Bertz CT molecular complexity index is 943. The minimum Gasteiger partial charge on any atom is -0.491 e. The van der Waals surface area contributed by atoms with Gasteiger partial charge in [0.2, 0.25) is 0 Å². The van der Waals surface area contributed by atoms with Crippen molar-refractivity contribution in [3.8, 4) is 11.5 Å². The summed E-state index contributed by atoms with van der Waals surface area (Å²) >= 11 is 0. The van der Waals surface area contributed by atoms with Crippen LogP contribution >= 0.6 is 0 Å². The van der Waals surface area contributed by atoms with E-state index in [1.54, 1.807) is 13.0 Å². The second-order valence-corrected chi connectivity index (χ2v) is 7.10. The van der Waals surface area contributed by atoms with Crippen LogP contribution in [0.15, 0.2) is 42.5 Å². The second kappa shape index (κ2) is 14.1. The second-order valence-electron chi connectivity index (χ2n) is 7.10. The highest BCUT2D eigenvalue weighted by molar-refractivity contribution is 5.95. The summed E-state index contributed by atoms with van der Waals surface area (Å²) in [5, 5.41) is 13.2. The van der Waals surface area contributed by atoms with Crippen molar-refractivity contribution in [1.82, 2.24) is 5.32 Å². The van der Waals surface area contributed by atoms with Gasteiger partial charge in [0.05, 0.1) is 33.0 Å². The first kappa shape index (κ1) is 26.1. The topological polar surface area (TPSA) is 113 Å². The minimum absolute atomic E-state index is 0.0902. The van der Waals surface area contributed by atoms with Crippen LogP contribution in [0.25, 0.3) is 10.8 Å². The van der Waals surface area contributed by atoms with Gasteiger partial charge in [0, 0.05) is 22.9 Å². The van der Waals surface area contributed by atoms with Gasteiger partial charge in [-0.15, -0.1) is 0 Å². The molecule has 0 radical (unpaired) electrons. The Kier molecular flexibility index (Phi) is 11.2. The van der Waals surface area contributed by atoms with Gasteiger partial charge in [0.1, 0.15) is 24.7 Å². The van der Waals surface area contributed by atoms with Gasteiger partial charge in [-0.1, -0.05) is 30.8 Å². The number of ether oxygens (including phenoxy) is 5. The normalized spacial score (nSPS) is 10.6. The molecule has 0 fully saturated rings. The molecule has 2 N–H and O–H groups in total. The molecule has 9 nitrogen and oxygen atoms in total. The maximum atomic E-state index is 12.2. The zero-order chi connectivity index (χ0) is 24.1. The van der Waals surface area contributed by atoms with Crippen molar-refractivity contribution in [3.63, 3.8) is 0 Å². The average molecular weight is 462 g/mol. The molecule has 9 heteroatoms. The van der Waals surface area contributed by atoms with E-state index >= 15 is 0 Å². The van der Waals surface area contributed by atoms with Crippen LogP contribution in [0.1, 0.15) is 12.5 Å². The lowest BCUT2D eigenvalue weighted by Gasteiger charge is -2.15. The van der Waals surface area contributed by atoms with Crippen molar-refractivity contribution in [2.24, 2.45) is 0 Å². The van der Waals surface area contributed by atoms with Crippen LogP contribution < -0.4 is 14.8 Å². The molecule has 2 aromatic carbocycles.